The fourth-order valence-corrected chi connectivity index (χ4v) is 3.42. The fourth-order valence-electron chi connectivity index (χ4n) is 2.80. The number of nitrogens with one attached hydrogen (secondary N) is 2. The number of rotatable bonds is 6. The van der Waals surface area contributed by atoms with Gasteiger partial charge in [0, 0.05) is 0 Å². The summed E-state index contributed by atoms with van der Waals surface area (Å²) in [6.45, 7) is -0.462. The Kier molecular flexibility index (Phi) is 6.45. The third-order valence-corrected chi connectivity index (χ3v) is 5.05. The predicted octanol–water partition coefficient (Wildman–Crippen LogP) is 2.55. The second-order valence-corrected chi connectivity index (χ2v) is 7.34. The lowest BCUT2D eigenvalue weighted by atomic mass is 10.1. The van der Waals surface area contributed by atoms with Gasteiger partial charge in [-0.15, -0.1) is 0 Å². The number of urea groups is 1. The van der Waals surface area contributed by atoms with E-state index in [1.54, 1.807) is 30.3 Å². The molecule has 1 saturated heterocycles. The molecular formula is C20H18IN3O6. The number of ether oxygens (including phenoxy) is 2. The summed E-state index contributed by atoms with van der Waals surface area (Å²) < 4.78 is 10.8. The number of hydrogen-bond donors (Lipinski definition) is 3. The van der Waals surface area contributed by atoms with Gasteiger partial charge < -0.3 is 25.2 Å². The quantitative estimate of drug-likeness (QED) is 0.305. The normalized spacial score (nSPS) is 14.6. The van der Waals surface area contributed by atoms with Crippen LogP contribution in [-0.2, 0) is 9.59 Å². The highest BCUT2D eigenvalue weighted by Gasteiger charge is 2.35. The molecule has 0 radical (unpaired) electrons. The van der Waals surface area contributed by atoms with Gasteiger partial charge in [-0.05, 0) is 58.5 Å². The van der Waals surface area contributed by atoms with E-state index in [0.29, 0.717) is 20.6 Å². The zero-order valence-electron chi connectivity index (χ0n) is 16.1. The number of methoxy groups -OCH3 is 2. The molecule has 2 aromatic carbocycles. The maximum absolute atomic E-state index is 12.6. The molecular weight excluding hydrogens is 505 g/mol. The van der Waals surface area contributed by atoms with E-state index in [4.69, 9.17) is 9.47 Å². The van der Waals surface area contributed by atoms with Crippen LogP contribution in [0.5, 0.6) is 17.2 Å². The molecule has 30 heavy (non-hydrogen) atoms. The molecule has 0 bridgehead atoms. The first-order valence-electron chi connectivity index (χ1n) is 8.68. The molecule has 0 unspecified atom stereocenters. The zero-order valence-corrected chi connectivity index (χ0v) is 18.2. The second kappa shape index (κ2) is 9.03. The SMILES string of the molecule is COc1ccccc1NC(=O)CN1C(=O)N/C(=C/c2cc(I)c(O)c(OC)c2)C1=O. The van der Waals surface area contributed by atoms with Gasteiger partial charge in [0.25, 0.3) is 5.91 Å². The monoisotopic (exact) mass is 523 g/mol. The van der Waals surface area contributed by atoms with Gasteiger partial charge in [0.05, 0.1) is 23.5 Å². The minimum absolute atomic E-state index is 0.00799. The first-order valence-corrected chi connectivity index (χ1v) is 9.75. The minimum atomic E-state index is -0.707. The van der Waals surface area contributed by atoms with Crippen molar-refractivity contribution in [1.29, 1.82) is 0 Å². The van der Waals surface area contributed by atoms with Crippen molar-refractivity contribution < 1.29 is 29.0 Å². The van der Waals surface area contributed by atoms with Crippen LogP contribution in [0.2, 0.25) is 0 Å². The Labute approximate surface area is 185 Å². The van der Waals surface area contributed by atoms with E-state index in [1.807, 2.05) is 22.6 Å². The molecule has 3 N–H and O–H groups in total. The largest absolute Gasteiger partial charge is 0.504 e. The number of para-hydroxylation sites is 2. The Balaban J connectivity index is 1.75. The number of anilines is 1. The number of imide groups is 1. The van der Waals surface area contributed by atoms with Crippen LogP contribution in [0.25, 0.3) is 6.08 Å². The highest BCUT2D eigenvalue weighted by Crippen LogP contribution is 2.33. The van der Waals surface area contributed by atoms with Crippen molar-refractivity contribution in [2.45, 2.75) is 0 Å². The number of nitrogens with zero attached hydrogens (tertiary/aromatic N) is 1. The topological polar surface area (TPSA) is 117 Å². The highest BCUT2D eigenvalue weighted by molar-refractivity contribution is 14.1. The van der Waals surface area contributed by atoms with Crippen molar-refractivity contribution in [1.82, 2.24) is 10.2 Å². The molecule has 1 heterocycles. The summed E-state index contributed by atoms with van der Waals surface area (Å²) in [5.41, 5.74) is 0.977. The molecule has 0 atom stereocenters. The molecule has 0 aliphatic carbocycles. The van der Waals surface area contributed by atoms with E-state index in [1.165, 1.54) is 26.4 Å². The molecule has 4 amide bonds. The van der Waals surface area contributed by atoms with Crippen molar-refractivity contribution >= 4 is 52.2 Å². The number of benzene rings is 2. The standard InChI is InChI=1S/C20H18IN3O6/c1-29-15-6-4-3-5-13(15)22-17(25)10-24-19(27)14(23-20(24)28)8-11-7-12(21)18(26)16(9-11)30-2/h3-9,26H,10H2,1-2H3,(H,22,25)(H,23,28)/b14-8+. The third-order valence-electron chi connectivity index (χ3n) is 4.23. The molecule has 1 fully saturated rings. The Bertz CT molecular complexity index is 1050. The maximum atomic E-state index is 12.6. The van der Waals surface area contributed by atoms with E-state index >= 15 is 0 Å². The summed E-state index contributed by atoms with van der Waals surface area (Å²) in [6, 6.07) is 9.25. The number of amides is 4. The van der Waals surface area contributed by atoms with Crippen molar-refractivity contribution in [3.05, 3.63) is 51.2 Å². The lowest BCUT2D eigenvalue weighted by molar-refractivity contribution is -0.127. The summed E-state index contributed by atoms with van der Waals surface area (Å²) in [4.78, 5) is 38.0. The first kappa shape index (κ1) is 21.4. The summed E-state index contributed by atoms with van der Waals surface area (Å²) in [5.74, 6) is -0.517. The molecule has 156 valence electrons. The van der Waals surface area contributed by atoms with E-state index < -0.39 is 24.4 Å². The van der Waals surface area contributed by atoms with Crippen LogP contribution in [0.4, 0.5) is 10.5 Å². The summed E-state index contributed by atoms with van der Waals surface area (Å²) >= 11 is 1.93. The molecule has 1 aliphatic rings. The summed E-state index contributed by atoms with van der Waals surface area (Å²) in [5, 5.41) is 15.0. The Morgan fingerprint density at radius 2 is 1.90 bits per heavy atom. The van der Waals surface area contributed by atoms with Crippen LogP contribution in [0.1, 0.15) is 5.56 Å². The second-order valence-electron chi connectivity index (χ2n) is 6.18. The van der Waals surface area contributed by atoms with Gasteiger partial charge in [-0.2, -0.15) is 0 Å². The van der Waals surface area contributed by atoms with E-state index in [0.717, 1.165) is 4.90 Å². The molecule has 0 saturated carbocycles. The van der Waals surface area contributed by atoms with Gasteiger partial charge in [-0.1, -0.05) is 12.1 Å². The maximum Gasteiger partial charge on any atom is 0.329 e. The molecule has 10 heteroatoms. The number of hydrogen-bond acceptors (Lipinski definition) is 6. The average Bonchev–Trinajstić information content (AvgIpc) is 2.98. The lowest BCUT2D eigenvalue weighted by Crippen LogP contribution is -2.38. The Morgan fingerprint density at radius 1 is 1.20 bits per heavy atom. The van der Waals surface area contributed by atoms with Crippen LogP contribution in [-0.4, -0.2) is 48.6 Å². The average molecular weight is 523 g/mol. The summed E-state index contributed by atoms with van der Waals surface area (Å²) in [6.07, 6.45) is 1.45. The number of aromatic hydroxyl groups is 1. The number of phenols is 1. The van der Waals surface area contributed by atoms with Crippen molar-refractivity contribution in [3.63, 3.8) is 0 Å². The van der Waals surface area contributed by atoms with Crippen LogP contribution < -0.4 is 20.1 Å². The van der Waals surface area contributed by atoms with E-state index in [9.17, 15) is 19.5 Å². The van der Waals surface area contributed by atoms with Crippen molar-refractivity contribution in [2.75, 3.05) is 26.1 Å². The molecule has 3 rings (SSSR count). The molecule has 2 aromatic rings. The number of carbonyl (C=O) groups is 3. The minimum Gasteiger partial charge on any atom is -0.504 e. The smallest absolute Gasteiger partial charge is 0.329 e. The van der Waals surface area contributed by atoms with Gasteiger partial charge in [-0.3, -0.25) is 9.59 Å². The van der Waals surface area contributed by atoms with Crippen LogP contribution in [0.15, 0.2) is 42.1 Å². The van der Waals surface area contributed by atoms with Gasteiger partial charge in [0.15, 0.2) is 11.5 Å². The Hall–Kier alpha value is -3.28. The van der Waals surface area contributed by atoms with Crippen LogP contribution in [0.3, 0.4) is 0 Å². The van der Waals surface area contributed by atoms with Gasteiger partial charge in [-0.25, -0.2) is 9.69 Å². The van der Waals surface area contributed by atoms with E-state index in [-0.39, 0.29) is 17.2 Å². The summed E-state index contributed by atoms with van der Waals surface area (Å²) in [7, 11) is 2.88. The number of carbonyl (C=O) groups excluding carboxylic acids is 3. The Morgan fingerprint density at radius 3 is 2.60 bits per heavy atom. The van der Waals surface area contributed by atoms with Gasteiger partial charge >= 0.3 is 6.03 Å². The molecule has 9 nitrogen and oxygen atoms in total. The fraction of sp³-hybridized carbons (Fsp3) is 0.150. The zero-order chi connectivity index (χ0) is 21.8. The van der Waals surface area contributed by atoms with Crippen molar-refractivity contribution in [3.8, 4) is 17.2 Å². The first-order chi connectivity index (χ1) is 14.3. The highest BCUT2D eigenvalue weighted by atomic mass is 127. The molecule has 1 aliphatic heterocycles. The van der Waals surface area contributed by atoms with Gasteiger partial charge in [0.1, 0.15) is 18.0 Å². The van der Waals surface area contributed by atoms with Crippen molar-refractivity contribution in [2.24, 2.45) is 0 Å². The lowest BCUT2D eigenvalue weighted by Gasteiger charge is -2.13. The van der Waals surface area contributed by atoms with E-state index in [2.05, 4.69) is 10.6 Å². The predicted molar refractivity (Wildman–Crippen MR) is 117 cm³/mol. The number of phenolic OH excluding ortho intramolecular Hbond substituents is 1. The third kappa shape index (κ3) is 4.48. The molecule has 0 aromatic heterocycles. The number of halogens is 1. The van der Waals surface area contributed by atoms with Crippen LogP contribution >= 0.6 is 22.6 Å². The molecule has 0 spiro atoms. The van der Waals surface area contributed by atoms with Gasteiger partial charge in [0.2, 0.25) is 5.91 Å². The van der Waals surface area contributed by atoms with Crippen LogP contribution in [0, 0.1) is 3.57 Å².